The molecule has 1 aromatic carbocycles. The van der Waals surface area contributed by atoms with Gasteiger partial charge in [-0.1, -0.05) is 18.2 Å². The SMILES string of the molecule is CN1C[C@@H](C(=O)NC(C)(C)C)[C@@]2(CCc3ccccc3C(=O)N2)C1. The summed E-state index contributed by atoms with van der Waals surface area (Å²) in [6.45, 7) is 7.32. The molecule has 1 aromatic rings. The largest absolute Gasteiger partial charge is 0.351 e. The summed E-state index contributed by atoms with van der Waals surface area (Å²) in [6, 6.07) is 7.74. The lowest BCUT2D eigenvalue weighted by Crippen LogP contribution is -2.59. The summed E-state index contributed by atoms with van der Waals surface area (Å²) in [5.41, 5.74) is 1.02. The van der Waals surface area contributed by atoms with E-state index < -0.39 is 5.54 Å². The van der Waals surface area contributed by atoms with Gasteiger partial charge >= 0.3 is 0 Å². The molecule has 24 heavy (non-hydrogen) atoms. The van der Waals surface area contributed by atoms with Crippen LogP contribution in [0.4, 0.5) is 0 Å². The van der Waals surface area contributed by atoms with E-state index in [2.05, 4.69) is 15.5 Å². The van der Waals surface area contributed by atoms with E-state index in [4.69, 9.17) is 0 Å². The maximum absolute atomic E-state index is 12.9. The van der Waals surface area contributed by atoms with Crippen molar-refractivity contribution >= 4 is 11.8 Å². The lowest BCUT2D eigenvalue weighted by atomic mass is 9.81. The first-order chi connectivity index (χ1) is 11.2. The van der Waals surface area contributed by atoms with Crippen molar-refractivity contribution in [3.8, 4) is 0 Å². The van der Waals surface area contributed by atoms with Crippen LogP contribution >= 0.6 is 0 Å². The molecule has 5 heteroatoms. The zero-order valence-electron chi connectivity index (χ0n) is 15.0. The summed E-state index contributed by atoms with van der Waals surface area (Å²) in [5, 5.41) is 6.31. The van der Waals surface area contributed by atoms with Crippen LogP contribution < -0.4 is 10.6 Å². The van der Waals surface area contributed by atoms with Crippen LogP contribution in [0.2, 0.25) is 0 Å². The fraction of sp³-hybridized carbons (Fsp3) is 0.579. The van der Waals surface area contributed by atoms with Crippen molar-refractivity contribution in [3.05, 3.63) is 35.4 Å². The number of likely N-dealkylation sites (tertiary alicyclic amines) is 1. The lowest BCUT2D eigenvalue weighted by Gasteiger charge is -2.35. The van der Waals surface area contributed by atoms with E-state index in [0.717, 1.165) is 24.0 Å². The maximum Gasteiger partial charge on any atom is 0.252 e. The number of nitrogens with one attached hydrogen (secondary N) is 2. The van der Waals surface area contributed by atoms with E-state index in [1.54, 1.807) is 0 Å². The van der Waals surface area contributed by atoms with Crippen molar-refractivity contribution in [2.24, 2.45) is 5.92 Å². The van der Waals surface area contributed by atoms with Crippen molar-refractivity contribution in [2.45, 2.75) is 44.7 Å². The van der Waals surface area contributed by atoms with E-state index in [1.807, 2.05) is 52.1 Å². The molecule has 0 aliphatic carbocycles. The number of carbonyl (C=O) groups excluding carboxylic acids is 2. The van der Waals surface area contributed by atoms with Gasteiger partial charge in [-0.3, -0.25) is 9.59 Å². The van der Waals surface area contributed by atoms with Crippen LogP contribution in [0.1, 0.15) is 43.1 Å². The third kappa shape index (κ3) is 3.18. The molecular weight excluding hydrogens is 302 g/mol. The number of amides is 2. The molecule has 1 spiro atoms. The summed E-state index contributed by atoms with van der Waals surface area (Å²) < 4.78 is 0. The lowest BCUT2D eigenvalue weighted by molar-refractivity contribution is -0.127. The second kappa shape index (κ2) is 5.88. The molecule has 0 saturated carbocycles. The zero-order chi connectivity index (χ0) is 17.5. The van der Waals surface area contributed by atoms with Gasteiger partial charge in [0.05, 0.1) is 11.5 Å². The molecule has 5 nitrogen and oxygen atoms in total. The Morgan fingerprint density at radius 1 is 1.33 bits per heavy atom. The average molecular weight is 329 g/mol. The molecule has 0 unspecified atom stereocenters. The molecule has 1 fully saturated rings. The number of hydrogen-bond acceptors (Lipinski definition) is 3. The minimum Gasteiger partial charge on any atom is -0.351 e. The van der Waals surface area contributed by atoms with Gasteiger partial charge in [0.15, 0.2) is 0 Å². The fourth-order valence-corrected chi connectivity index (χ4v) is 3.99. The highest BCUT2D eigenvalue weighted by Crippen LogP contribution is 2.35. The topological polar surface area (TPSA) is 61.4 Å². The number of benzene rings is 1. The molecule has 0 radical (unpaired) electrons. The average Bonchev–Trinajstić information content (AvgIpc) is 2.72. The Bertz CT molecular complexity index is 665. The Labute approximate surface area is 143 Å². The highest BCUT2D eigenvalue weighted by molar-refractivity contribution is 5.97. The van der Waals surface area contributed by atoms with Crippen molar-refractivity contribution in [1.82, 2.24) is 15.5 Å². The van der Waals surface area contributed by atoms with E-state index in [0.29, 0.717) is 13.1 Å². The minimum absolute atomic E-state index is 0.0260. The second-order valence-electron chi connectivity index (χ2n) is 8.26. The second-order valence-corrected chi connectivity index (χ2v) is 8.26. The van der Waals surface area contributed by atoms with E-state index in [9.17, 15) is 9.59 Å². The first-order valence-corrected chi connectivity index (χ1v) is 8.61. The van der Waals surface area contributed by atoms with Gasteiger partial charge in [-0.05, 0) is 52.3 Å². The summed E-state index contributed by atoms with van der Waals surface area (Å²) in [5.74, 6) is -0.273. The van der Waals surface area contributed by atoms with Crippen molar-refractivity contribution < 1.29 is 9.59 Å². The molecular formula is C19H27N3O2. The molecule has 130 valence electrons. The number of carbonyl (C=O) groups is 2. The van der Waals surface area contributed by atoms with Crippen molar-refractivity contribution in [2.75, 3.05) is 20.1 Å². The first-order valence-electron chi connectivity index (χ1n) is 8.61. The van der Waals surface area contributed by atoms with Crippen molar-refractivity contribution in [1.29, 1.82) is 0 Å². The van der Waals surface area contributed by atoms with Crippen molar-refractivity contribution in [3.63, 3.8) is 0 Å². The van der Waals surface area contributed by atoms with Crippen LogP contribution in [0, 0.1) is 5.92 Å². The van der Waals surface area contributed by atoms with Crippen LogP contribution in [0.5, 0.6) is 0 Å². The monoisotopic (exact) mass is 329 g/mol. The number of hydrogen-bond donors (Lipinski definition) is 2. The standard InChI is InChI=1S/C19H27N3O2/c1-18(2,3)20-17(24)15-11-22(4)12-19(15)10-9-13-7-5-6-8-14(13)16(23)21-19/h5-8,15H,9-12H2,1-4H3,(H,20,24)(H,21,23)/t15-,19+/m0/s1. The van der Waals surface area contributed by atoms with Gasteiger partial charge in [-0.15, -0.1) is 0 Å². The third-order valence-electron chi connectivity index (χ3n) is 4.99. The molecule has 0 bridgehead atoms. The van der Waals surface area contributed by atoms with Crippen LogP contribution in [-0.4, -0.2) is 47.9 Å². The Morgan fingerprint density at radius 3 is 2.75 bits per heavy atom. The molecule has 0 aromatic heterocycles. The molecule has 2 aliphatic rings. The predicted molar refractivity (Wildman–Crippen MR) is 93.8 cm³/mol. The Hall–Kier alpha value is -1.88. The van der Waals surface area contributed by atoms with Gasteiger partial charge in [0.25, 0.3) is 5.91 Å². The molecule has 2 aliphatic heterocycles. The number of fused-ring (bicyclic) bond motifs is 1. The van der Waals surface area contributed by atoms with Crippen LogP contribution in [0.15, 0.2) is 24.3 Å². The van der Waals surface area contributed by atoms with Gasteiger partial charge in [0.2, 0.25) is 5.91 Å². The third-order valence-corrected chi connectivity index (χ3v) is 4.99. The van der Waals surface area contributed by atoms with Crippen LogP contribution in [0.3, 0.4) is 0 Å². The summed E-state index contributed by atoms with van der Waals surface area (Å²) >= 11 is 0. The van der Waals surface area contributed by atoms with Gasteiger partial charge in [-0.25, -0.2) is 0 Å². The maximum atomic E-state index is 12.9. The Morgan fingerprint density at radius 2 is 2.04 bits per heavy atom. The molecule has 3 rings (SSSR count). The van der Waals surface area contributed by atoms with Gasteiger partial charge in [0.1, 0.15) is 0 Å². The fourth-order valence-electron chi connectivity index (χ4n) is 3.99. The molecule has 2 atom stereocenters. The van der Waals surface area contributed by atoms with Gasteiger partial charge in [-0.2, -0.15) is 0 Å². The highest BCUT2D eigenvalue weighted by Gasteiger charge is 2.51. The summed E-state index contributed by atoms with van der Waals surface area (Å²) in [4.78, 5) is 27.8. The normalized spacial score (nSPS) is 27.5. The summed E-state index contributed by atoms with van der Waals surface area (Å²) in [7, 11) is 2.01. The Kier molecular flexibility index (Phi) is 4.16. The van der Waals surface area contributed by atoms with E-state index >= 15 is 0 Å². The Balaban J connectivity index is 1.90. The van der Waals surface area contributed by atoms with Crippen LogP contribution in [-0.2, 0) is 11.2 Å². The quantitative estimate of drug-likeness (QED) is 0.822. The van der Waals surface area contributed by atoms with Gasteiger partial charge in [0, 0.05) is 24.2 Å². The molecule has 2 amide bonds. The van der Waals surface area contributed by atoms with Crippen LogP contribution in [0.25, 0.3) is 0 Å². The highest BCUT2D eigenvalue weighted by atomic mass is 16.2. The smallest absolute Gasteiger partial charge is 0.252 e. The molecule has 2 heterocycles. The number of rotatable bonds is 1. The first kappa shape index (κ1) is 17.0. The number of nitrogens with zero attached hydrogens (tertiary/aromatic N) is 1. The van der Waals surface area contributed by atoms with Gasteiger partial charge < -0.3 is 15.5 Å². The molecule has 1 saturated heterocycles. The zero-order valence-corrected chi connectivity index (χ0v) is 15.0. The summed E-state index contributed by atoms with van der Waals surface area (Å²) in [6.07, 6.45) is 1.59. The number of likely N-dealkylation sites (N-methyl/N-ethyl adjacent to an activating group) is 1. The predicted octanol–water partition coefficient (Wildman–Crippen LogP) is 1.58. The van der Waals surface area contributed by atoms with E-state index in [-0.39, 0.29) is 23.3 Å². The molecule has 2 N–H and O–H groups in total. The number of aryl methyl sites for hydroxylation is 1. The van der Waals surface area contributed by atoms with E-state index in [1.165, 1.54) is 0 Å². The minimum atomic E-state index is -0.500.